The zero-order valence-electron chi connectivity index (χ0n) is 13.6. The van der Waals surface area contributed by atoms with E-state index in [9.17, 15) is 0 Å². The molecular formula is C17H18N4O2S. The molecule has 6 nitrogen and oxygen atoms in total. The first-order valence-electron chi connectivity index (χ1n) is 7.43. The summed E-state index contributed by atoms with van der Waals surface area (Å²) in [6.07, 6.45) is 3.51. The van der Waals surface area contributed by atoms with Gasteiger partial charge in [-0.25, -0.2) is 4.98 Å². The number of rotatable bonds is 7. The summed E-state index contributed by atoms with van der Waals surface area (Å²) in [7, 11) is 1.64. The molecule has 124 valence electrons. The predicted octanol–water partition coefficient (Wildman–Crippen LogP) is 3.73. The highest BCUT2D eigenvalue weighted by atomic mass is 32.2. The molecule has 0 radical (unpaired) electrons. The second-order valence-electron chi connectivity index (χ2n) is 5.09. The van der Waals surface area contributed by atoms with E-state index in [-0.39, 0.29) is 0 Å². The molecule has 2 aromatic heterocycles. The second-order valence-corrected chi connectivity index (χ2v) is 6.03. The number of allylic oxidation sites excluding steroid dienone is 1. The summed E-state index contributed by atoms with van der Waals surface area (Å²) in [5, 5.41) is 9.14. The van der Waals surface area contributed by atoms with Crippen molar-refractivity contribution in [2.45, 2.75) is 24.4 Å². The van der Waals surface area contributed by atoms with Crippen molar-refractivity contribution >= 4 is 11.8 Å². The lowest BCUT2D eigenvalue weighted by Crippen LogP contribution is -2.00. The number of oxazole rings is 1. The van der Waals surface area contributed by atoms with Crippen molar-refractivity contribution in [3.63, 3.8) is 0 Å². The van der Waals surface area contributed by atoms with Crippen LogP contribution in [0.1, 0.15) is 11.5 Å². The zero-order valence-corrected chi connectivity index (χ0v) is 14.4. The van der Waals surface area contributed by atoms with E-state index in [1.165, 1.54) is 0 Å². The normalized spacial score (nSPS) is 10.8. The van der Waals surface area contributed by atoms with Crippen molar-refractivity contribution in [3.05, 3.63) is 54.7 Å². The fourth-order valence-electron chi connectivity index (χ4n) is 2.19. The van der Waals surface area contributed by atoms with Crippen LogP contribution in [0.2, 0.25) is 0 Å². The molecule has 0 saturated carbocycles. The Hall–Kier alpha value is -2.54. The molecule has 0 unspecified atom stereocenters. The first-order chi connectivity index (χ1) is 11.7. The maximum Gasteiger partial charge on any atom is 0.226 e. The van der Waals surface area contributed by atoms with Gasteiger partial charge in [-0.05, 0) is 31.2 Å². The van der Waals surface area contributed by atoms with Gasteiger partial charge in [0.1, 0.15) is 17.8 Å². The number of methoxy groups -OCH3 is 1. The second kappa shape index (κ2) is 7.35. The molecule has 0 atom stereocenters. The van der Waals surface area contributed by atoms with E-state index in [1.807, 2.05) is 41.8 Å². The first-order valence-corrected chi connectivity index (χ1v) is 8.42. The van der Waals surface area contributed by atoms with E-state index in [0.29, 0.717) is 18.2 Å². The van der Waals surface area contributed by atoms with Gasteiger partial charge in [-0.2, -0.15) is 0 Å². The average Bonchev–Trinajstić information content (AvgIpc) is 3.21. The molecule has 1 aromatic carbocycles. The molecule has 2 heterocycles. The van der Waals surface area contributed by atoms with Crippen molar-refractivity contribution in [2.75, 3.05) is 7.11 Å². The van der Waals surface area contributed by atoms with Crippen molar-refractivity contribution in [2.24, 2.45) is 0 Å². The van der Waals surface area contributed by atoms with Crippen LogP contribution in [0.5, 0.6) is 5.75 Å². The van der Waals surface area contributed by atoms with Gasteiger partial charge in [0.05, 0.1) is 12.8 Å². The Morgan fingerprint density at radius 3 is 2.79 bits per heavy atom. The van der Waals surface area contributed by atoms with Gasteiger partial charge in [-0.1, -0.05) is 17.8 Å². The standard InChI is InChI=1S/C17H18N4O2S/c1-4-9-21-12(2)19-20-17(21)24-11-14-10-23-16(18-14)13-5-7-15(22-3)8-6-13/h4-8,10H,1,9,11H2,2-3H3. The van der Waals surface area contributed by atoms with Crippen molar-refractivity contribution < 1.29 is 9.15 Å². The number of aryl methyl sites for hydroxylation is 1. The number of hydrogen-bond acceptors (Lipinski definition) is 6. The Morgan fingerprint density at radius 1 is 1.29 bits per heavy atom. The lowest BCUT2D eigenvalue weighted by Gasteiger charge is -2.03. The predicted molar refractivity (Wildman–Crippen MR) is 93.0 cm³/mol. The highest BCUT2D eigenvalue weighted by Gasteiger charge is 2.11. The SMILES string of the molecule is C=CCn1c(C)nnc1SCc1coc(-c2ccc(OC)cc2)n1. The summed E-state index contributed by atoms with van der Waals surface area (Å²) in [6.45, 7) is 6.38. The van der Waals surface area contributed by atoms with E-state index in [4.69, 9.17) is 9.15 Å². The van der Waals surface area contributed by atoms with Gasteiger partial charge in [0.15, 0.2) is 5.16 Å². The number of aromatic nitrogens is 4. The van der Waals surface area contributed by atoms with Crippen LogP contribution in [0.15, 0.2) is 52.8 Å². The maximum absolute atomic E-state index is 5.57. The highest BCUT2D eigenvalue weighted by molar-refractivity contribution is 7.98. The number of thioether (sulfide) groups is 1. The van der Waals surface area contributed by atoms with Gasteiger partial charge >= 0.3 is 0 Å². The Labute approximate surface area is 144 Å². The number of benzene rings is 1. The van der Waals surface area contributed by atoms with Gasteiger partial charge in [-0.3, -0.25) is 0 Å². The molecule has 7 heteroatoms. The smallest absolute Gasteiger partial charge is 0.226 e. The molecule has 0 aliphatic carbocycles. The fourth-order valence-corrected chi connectivity index (χ4v) is 3.06. The minimum atomic E-state index is 0.594. The zero-order chi connectivity index (χ0) is 16.9. The summed E-state index contributed by atoms with van der Waals surface area (Å²) in [6, 6.07) is 7.61. The lowest BCUT2D eigenvalue weighted by atomic mass is 10.2. The minimum absolute atomic E-state index is 0.594. The Bertz CT molecular complexity index is 823. The lowest BCUT2D eigenvalue weighted by molar-refractivity contribution is 0.415. The van der Waals surface area contributed by atoms with Crippen LogP contribution in [0, 0.1) is 6.92 Å². The maximum atomic E-state index is 5.57. The van der Waals surface area contributed by atoms with Crippen molar-refractivity contribution in [1.29, 1.82) is 0 Å². The summed E-state index contributed by atoms with van der Waals surface area (Å²) >= 11 is 1.57. The van der Waals surface area contributed by atoms with Crippen LogP contribution in [0.25, 0.3) is 11.5 Å². The van der Waals surface area contributed by atoms with Crippen LogP contribution < -0.4 is 4.74 Å². The number of hydrogen-bond donors (Lipinski definition) is 0. The van der Waals surface area contributed by atoms with E-state index in [2.05, 4.69) is 21.8 Å². The molecule has 24 heavy (non-hydrogen) atoms. The van der Waals surface area contributed by atoms with E-state index >= 15 is 0 Å². The third-order valence-corrected chi connectivity index (χ3v) is 4.45. The van der Waals surface area contributed by atoms with Crippen LogP contribution in [-0.2, 0) is 12.3 Å². The van der Waals surface area contributed by atoms with Crippen LogP contribution in [0.4, 0.5) is 0 Å². The summed E-state index contributed by atoms with van der Waals surface area (Å²) in [5.74, 6) is 2.93. The molecule has 0 N–H and O–H groups in total. The third kappa shape index (κ3) is 3.51. The molecule has 0 aliphatic heterocycles. The van der Waals surface area contributed by atoms with Crippen molar-refractivity contribution in [3.8, 4) is 17.2 Å². The van der Waals surface area contributed by atoms with Crippen molar-refractivity contribution in [1.82, 2.24) is 19.7 Å². The van der Waals surface area contributed by atoms with Crippen LogP contribution in [0.3, 0.4) is 0 Å². The van der Waals surface area contributed by atoms with Gasteiger partial charge in [-0.15, -0.1) is 16.8 Å². The van der Waals surface area contributed by atoms with E-state index in [1.54, 1.807) is 25.1 Å². The molecule has 0 bridgehead atoms. The molecule has 0 fully saturated rings. The monoisotopic (exact) mass is 342 g/mol. The van der Waals surface area contributed by atoms with Crippen LogP contribution >= 0.6 is 11.8 Å². The van der Waals surface area contributed by atoms with Gasteiger partial charge < -0.3 is 13.7 Å². The van der Waals surface area contributed by atoms with Crippen LogP contribution in [-0.4, -0.2) is 26.9 Å². The fraction of sp³-hybridized carbons (Fsp3) is 0.235. The molecule has 0 spiro atoms. The Balaban J connectivity index is 1.69. The summed E-state index contributed by atoms with van der Waals surface area (Å²) in [4.78, 5) is 4.53. The largest absolute Gasteiger partial charge is 0.497 e. The topological polar surface area (TPSA) is 66.0 Å². The van der Waals surface area contributed by atoms with E-state index < -0.39 is 0 Å². The Morgan fingerprint density at radius 2 is 2.08 bits per heavy atom. The summed E-state index contributed by atoms with van der Waals surface area (Å²) < 4.78 is 12.7. The van der Waals surface area contributed by atoms with Gasteiger partial charge in [0.2, 0.25) is 5.89 Å². The number of nitrogens with zero attached hydrogens (tertiary/aromatic N) is 4. The summed E-state index contributed by atoms with van der Waals surface area (Å²) in [5.41, 5.74) is 1.77. The third-order valence-electron chi connectivity index (χ3n) is 3.45. The molecule has 3 rings (SSSR count). The van der Waals surface area contributed by atoms with Gasteiger partial charge in [0, 0.05) is 17.9 Å². The Kier molecular flexibility index (Phi) is 5.00. The molecule has 0 amide bonds. The highest BCUT2D eigenvalue weighted by Crippen LogP contribution is 2.25. The first kappa shape index (κ1) is 16.3. The van der Waals surface area contributed by atoms with Gasteiger partial charge in [0.25, 0.3) is 0 Å². The number of ether oxygens (including phenoxy) is 1. The molecular weight excluding hydrogens is 324 g/mol. The molecule has 3 aromatic rings. The minimum Gasteiger partial charge on any atom is -0.497 e. The molecule has 0 saturated heterocycles. The van der Waals surface area contributed by atoms with E-state index in [0.717, 1.165) is 28.0 Å². The molecule has 0 aliphatic rings. The quantitative estimate of drug-likeness (QED) is 0.481. The average molecular weight is 342 g/mol.